The fraction of sp³-hybridized carbons (Fsp3) is 0.500. The van der Waals surface area contributed by atoms with Gasteiger partial charge in [0.15, 0.2) is 17.5 Å². The van der Waals surface area contributed by atoms with Crippen LogP contribution in [0.3, 0.4) is 0 Å². The maximum atomic E-state index is 5.69. The molecule has 2 N–H and O–H groups in total. The van der Waals surface area contributed by atoms with Crippen molar-refractivity contribution in [3.05, 3.63) is 47.9 Å². The molecule has 0 saturated heterocycles. The van der Waals surface area contributed by atoms with Gasteiger partial charge in [-0.2, -0.15) is 0 Å². The lowest BCUT2D eigenvalue weighted by atomic mass is 10.1. The molecule has 0 saturated carbocycles. The third-order valence-corrected chi connectivity index (χ3v) is 4.12. The van der Waals surface area contributed by atoms with Gasteiger partial charge in [0.1, 0.15) is 12.4 Å². The van der Waals surface area contributed by atoms with E-state index in [1.54, 1.807) is 13.3 Å². The Morgan fingerprint density at radius 3 is 2.55 bits per heavy atom. The molecule has 7 nitrogen and oxygen atoms in total. The lowest BCUT2D eigenvalue weighted by Gasteiger charge is -2.14. The van der Waals surface area contributed by atoms with Gasteiger partial charge in [0.05, 0.1) is 19.5 Å². The van der Waals surface area contributed by atoms with E-state index in [1.807, 2.05) is 38.1 Å². The van der Waals surface area contributed by atoms with Gasteiger partial charge in [0.25, 0.3) is 0 Å². The highest BCUT2D eigenvalue weighted by Crippen LogP contribution is 2.28. The van der Waals surface area contributed by atoms with Gasteiger partial charge in [0, 0.05) is 26.7 Å². The summed E-state index contributed by atoms with van der Waals surface area (Å²) in [5.41, 5.74) is 1.19. The average Bonchev–Trinajstić information content (AvgIpc) is 3.25. The molecule has 160 valence electrons. The van der Waals surface area contributed by atoms with Crippen LogP contribution in [0.15, 0.2) is 46.0 Å². The highest BCUT2D eigenvalue weighted by molar-refractivity contribution is 5.79. The molecule has 1 aromatic carbocycles. The third kappa shape index (κ3) is 8.48. The minimum absolute atomic E-state index is 0.506. The minimum Gasteiger partial charge on any atom is -0.490 e. The molecule has 0 aliphatic heterocycles. The first-order chi connectivity index (χ1) is 14.3. The predicted octanol–water partition coefficient (Wildman–Crippen LogP) is 3.39. The van der Waals surface area contributed by atoms with Crippen molar-refractivity contribution in [2.45, 2.75) is 33.3 Å². The fourth-order valence-corrected chi connectivity index (χ4v) is 2.75. The Labute approximate surface area is 173 Å². The van der Waals surface area contributed by atoms with Crippen LogP contribution in [0, 0.1) is 0 Å². The number of rotatable bonds is 13. The van der Waals surface area contributed by atoms with Crippen molar-refractivity contribution in [1.82, 2.24) is 10.6 Å². The van der Waals surface area contributed by atoms with Crippen LogP contribution in [0.1, 0.15) is 31.6 Å². The molecular weight excluding hydrogens is 370 g/mol. The second-order valence-electron chi connectivity index (χ2n) is 6.31. The molecule has 0 bridgehead atoms. The molecule has 0 radical (unpaired) electrons. The predicted molar refractivity (Wildman–Crippen MR) is 115 cm³/mol. The van der Waals surface area contributed by atoms with Crippen LogP contribution in [0.25, 0.3) is 0 Å². The van der Waals surface area contributed by atoms with Gasteiger partial charge in [-0.3, -0.25) is 4.99 Å². The zero-order chi connectivity index (χ0) is 20.7. The number of furan rings is 1. The lowest BCUT2D eigenvalue weighted by Crippen LogP contribution is -2.39. The summed E-state index contributed by atoms with van der Waals surface area (Å²) in [4.78, 5) is 4.26. The van der Waals surface area contributed by atoms with Crippen LogP contribution in [-0.2, 0) is 17.8 Å². The van der Waals surface area contributed by atoms with E-state index in [1.165, 1.54) is 5.56 Å². The van der Waals surface area contributed by atoms with Gasteiger partial charge in [0.2, 0.25) is 0 Å². The van der Waals surface area contributed by atoms with Crippen molar-refractivity contribution in [3.63, 3.8) is 0 Å². The number of hydrogen-bond donors (Lipinski definition) is 2. The van der Waals surface area contributed by atoms with Crippen molar-refractivity contribution in [2.75, 3.05) is 40.0 Å². The Balaban J connectivity index is 1.65. The van der Waals surface area contributed by atoms with Gasteiger partial charge in [-0.15, -0.1) is 0 Å². The maximum Gasteiger partial charge on any atom is 0.190 e. The first kappa shape index (κ1) is 22.6. The van der Waals surface area contributed by atoms with Crippen LogP contribution in [-0.4, -0.2) is 45.9 Å². The molecule has 7 heteroatoms. The molecule has 1 aromatic heterocycles. The summed E-state index contributed by atoms with van der Waals surface area (Å²) in [5.74, 6) is 3.21. The zero-order valence-corrected chi connectivity index (χ0v) is 17.7. The van der Waals surface area contributed by atoms with E-state index in [0.717, 1.165) is 49.1 Å². The van der Waals surface area contributed by atoms with Crippen molar-refractivity contribution < 1.29 is 18.6 Å². The normalized spacial score (nSPS) is 11.3. The highest BCUT2D eigenvalue weighted by Gasteiger charge is 2.06. The minimum atomic E-state index is 0.506. The van der Waals surface area contributed by atoms with Crippen molar-refractivity contribution in [1.29, 1.82) is 0 Å². The molecule has 0 aliphatic carbocycles. The van der Waals surface area contributed by atoms with Gasteiger partial charge in [-0.05, 0) is 56.5 Å². The molecule has 0 amide bonds. The number of aliphatic imine (C=N–C) groups is 1. The molecule has 0 unspecified atom stereocenters. The quantitative estimate of drug-likeness (QED) is 0.303. The van der Waals surface area contributed by atoms with Gasteiger partial charge in [-0.25, -0.2) is 0 Å². The van der Waals surface area contributed by atoms with E-state index < -0.39 is 0 Å². The van der Waals surface area contributed by atoms with Gasteiger partial charge >= 0.3 is 0 Å². The van der Waals surface area contributed by atoms with Crippen molar-refractivity contribution in [2.24, 2.45) is 4.99 Å². The van der Waals surface area contributed by atoms with Crippen LogP contribution in [0.4, 0.5) is 0 Å². The number of nitrogens with zero attached hydrogens (tertiary/aromatic N) is 1. The molecule has 0 fully saturated rings. The van der Waals surface area contributed by atoms with Crippen LogP contribution in [0.2, 0.25) is 0 Å². The average molecular weight is 404 g/mol. The Hall–Kier alpha value is -2.67. The van der Waals surface area contributed by atoms with E-state index in [0.29, 0.717) is 26.4 Å². The fourth-order valence-electron chi connectivity index (χ4n) is 2.75. The Morgan fingerprint density at radius 1 is 1.03 bits per heavy atom. The second kappa shape index (κ2) is 13.5. The highest BCUT2D eigenvalue weighted by atomic mass is 16.5. The zero-order valence-electron chi connectivity index (χ0n) is 17.7. The topological polar surface area (TPSA) is 77.2 Å². The number of guanidine groups is 1. The Kier molecular flexibility index (Phi) is 10.5. The molecule has 2 rings (SSSR count). The van der Waals surface area contributed by atoms with Crippen molar-refractivity contribution in [3.8, 4) is 11.5 Å². The molecule has 0 atom stereocenters. The molecule has 0 spiro atoms. The molecular formula is C22H33N3O4. The molecule has 1 heterocycles. The summed E-state index contributed by atoms with van der Waals surface area (Å²) >= 11 is 0. The summed E-state index contributed by atoms with van der Waals surface area (Å²) in [6.45, 7) is 7.91. The first-order valence-corrected chi connectivity index (χ1v) is 10.2. The first-order valence-electron chi connectivity index (χ1n) is 10.2. The van der Waals surface area contributed by atoms with E-state index in [-0.39, 0.29) is 0 Å². The molecule has 29 heavy (non-hydrogen) atoms. The molecule has 0 aliphatic rings. The van der Waals surface area contributed by atoms with E-state index in [9.17, 15) is 0 Å². The summed E-state index contributed by atoms with van der Waals surface area (Å²) in [5, 5.41) is 6.63. The van der Waals surface area contributed by atoms with Crippen LogP contribution in [0.5, 0.6) is 11.5 Å². The van der Waals surface area contributed by atoms with E-state index in [2.05, 4.69) is 21.7 Å². The Bertz CT molecular complexity index is 717. The number of benzene rings is 1. The summed E-state index contributed by atoms with van der Waals surface area (Å²) in [7, 11) is 1.77. The smallest absolute Gasteiger partial charge is 0.190 e. The number of ether oxygens (including phenoxy) is 3. The van der Waals surface area contributed by atoms with Crippen LogP contribution < -0.4 is 20.1 Å². The monoisotopic (exact) mass is 403 g/mol. The standard InChI is InChI=1S/C22H33N3O4/c1-4-27-20-10-9-18(16-21(20)28-5-2)11-13-25-22(23-3)24-12-7-14-26-17-19-8-6-15-29-19/h6,8-10,15-16H,4-5,7,11-14,17H2,1-3H3,(H2,23,24,25). The lowest BCUT2D eigenvalue weighted by molar-refractivity contribution is 0.105. The third-order valence-electron chi connectivity index (χ3n) is 4.12. The maximum absolute atomic E-state index is 5.69. The Morgan fingerprint density at radius 2 is 1.83 bits per heavy atom. The molecule has 2 aromatic rings. The van der Waals surface area contributed by atoms with Gasteiger partial charge in [-0.1, -0.05) is 6.07 Å². The SMILES string of the molecule is CCOc1ccc(CCNC(=NC)NCCCOCc2ccco2)cc1OCC. The summed E-state index contributed by atoms with van der Waals surface area (Å²) < 4.78 is 22.1. The van der Waals surface area contributed by atoms with Gasteiger partial charge < -0.3 is 29.3 Å². The number of nitrogens with one attached hydrogen (secondary N) is 2. The van der Waals surface area contributed by atoms with E-state index >= 15 is 0 Å². The summed E-state index contributed by atoms with van der Waals surface area (Å²) in [6.07, 6.45) is 3.40. The van der Waals surface area contributed by atoms with Crippen LogP contribution >= 0.6 is 0 Å². The van der Waals surface area contributed by atoms with E-state index in [4.69, 9.17) is 18.6 Å². The summed E-state index contributed by atoms with van der Waals surface area (Å²) in [6, 6.07) is 9.86. The second-order valence-corrected chi connectivity index (χ2v) is 6.31. The number of hydrogen-bond acceptors (Lipinski definition) is 5. The largest absolute Gasteiger partial charge is 0.490 e. The van der Waals surface area contributed by atoms with Crippen molar-refractivity contribution >= 4 is 5.96 Å².